The predicted octanol–water partition coefficient (Wildman–Crippen LogP) is 3.46. The van der Waals surface area contributed by atoms with Crippen LogP contribution in [0.5, 0.6) is 5.75 Å². The van der Waals surface area contributed by atoms with Crippen molar-refractivity contribution < 1.29 is 9.53 Å². The summed E-state index contributed by atoms with van der Waals surface area (Å²) in [6, 6.07) is 13.7. The lowest BCUT2D eigenvalue weighted by molar-refractivity contribution is -0.132. The van der Waals surface area contributed by atoms with Crippen molar-refractivity contribution in [2.45, 2.75) is 31.4 Å². The zero-order chi connectivity index (χ0) is 18.8. The van der Waals surface area contributed by atoms with E-state index in [-0.39, 0.29) is 18.1 Å². The van der Waals surface area contributed by atoms with Crippen LogP contribution in [0.4, 0.5) is 0 Å². The number of carbonyl (C=O) groups is 1. The maximum absolute atomic E-state index is 12.5. The van der Waals surface area contributed by atoms with Gasteiger partial charge in [0.05, 0.1) is 12.6 Å². The number of nitriles is 1. The fraction of sp³-hybridized carbons (Fsp3) is 0.429. The summed E-state index contributed by atoms with van der Waals surface area (Å²) in [5.41, 5.74) is 0. The Kier molecular flexibility index (Phi) is 5.20. The molecule has 2 aromatic rings. The normalized spacial score (nSPS) is 22.9. The van der Waals surface area contributed by atoms with Gasteiger partial charge in [-0.15, -0.1) is 0 Å². The minimum Gasteiger partial charge on any atom is -0.488 e. The Morgan fingerprint density at radius 1 is 1.19 bits per heavy atom. The molecule has 2 aromatic carbocycles. The Hall–Kier alpha value is -2.29. The third kappa shape index (κ3) is 3.73. The standard InChI is InChI=1S/C21H22ClN3O2/c22-19-7-8-20(18-6-2-1-5-17(18)19)27-16-9-11-24(13-16)14-21(26)25-10-3-4-15(25)12-23/h1-2,5-8,15-16H,3-4,9-11,13-14H2. The Balaban J connectivity index is 1.39. The molecule has 4 rings (SSSR count). The summed E-state index contributed by atoms with van der Waals surface area (Å²) in [5, 5.41) is 11.9. The fourth-order valence-corrected chi connectivity index (χ4v) is 4.26. The first-order valence-corrected chi connectivity index (χ1v) is 9.79. The molecule has 2 unspecified atom stereocenters. The van der Waals surface area contributed by atoms with Gasteiger partial charge in [0.15, 0.2) is 0 Å². The van der Waals surface area contributed by atoms with E-state index >= 15 is 0 Å². The SMILES string of the molecule is N#CC1CCCN1C(=O)CN1CCC(Oc2ccc(Cl)c3ccccc23)C1. The van der Waals surface area contributed by atoms with Crippen molar-refractivity contribution in [1.82, 2.24) is 9.80 Å². The van der Waals surface area contributed by atoms with Crippen LogP contribution >= 0.6 is 11.6 Å². The van der Waals surface area contributed by atoms with Crippen LogP contribution in [0.1, 0.15) is 19.3 Å². The summed E-state index contributed by atoms with van der Waals surface area (Å²) in [6.45, 7) is 2.60. The highest BCUT2D eigenvalue weighted by atomic mass is 35.5. The number of halogens is 1. The molecule has 2 aliphatic rings. The summed E-state index contributed by atoms with van der Waals surface area (Å²) in [6.07, 6.45) is 2.64. The van der Waals surface area contributed by atoms with Crippen LogP contribution in [-0.4, -0.2) is 54.0 Å². The molecule has 2 atom stereocenters. The van der Waals surface area contributed by atoms with E-state index in [4.69, 9.17) is 16.3 Å². The number of hydrogen-bond donors (Lipinski definition) is 0. The minimum absolute atomic E-state index is 0.0488. The van der Waals surface area contributed by atoms with Crippen LogP contribution in [-0.2, 0) is 4.79 Å². The lowest BCUT2D eigenvalue weighted by Crippen LogP contribution is -2.42. The Morgan fingerprint density at radius 3 is 2.81 bits per heavy atom. The number of benzene rings is 2. The van der Waals surface area contributed by atoms with Crippen LogP contribution in [0.3, 0.4) is 0 Å². The van der Waals surface area contributed by atoms with Gasteiger partial charge in [-0.3, -0.25) is 9.69 Å². The van der Waals surface area contributed by atoms with Crippen molar-refractivity contribution in [1.29, 1.82) is 5.26 Å². The van der Waals surface area contributed by atoms with Crippen LogP contribution in [0.15, 0.2) is 36.4 Å². The van der Waals surface area contributed by atoms with Gasteiger partial charge in [-0.2, -0.15) is 5.26 Å². The highest BCUT2D eigenvalue weighted by Crippen LogP contribution is 2.32. The van der Waals surface area contributed by atoms with Gasteiger partial charge in [-0.25, -0.2) is 0 Å². The van der Waals surface area contributed by atoms with Gasteiger partial charge in [-0.1, -0.05) is 35.9 Å². The van der Waals surface area contributed by atoms with E-state index < -0.39 is 0 Å². The predicted molar refractivity (Wildman–Crippen MR) is 105 cm³/mol. The lowest BCUT2D eigenvalue weighted by atomic mass is 10.1. The van der Waals surface area contributed by atoms with Crippen molar-refractivity contribution >= 4 is 28.3 Å². The number of nitrogens with zero attached hydrogens (tertiary/aromatic N) is 3. The molecule has 2 heterocycles. The molecular formula is C21H22ClN3O2. The number of carbonyl (C=O) groups excluding carboxylic acids is 1. The quantitative estimate of drug-likeness (QED) is 0.811. The smallest absolute Gasteiger partial charge is 0.237 e. The molecule has 6 heteroatoms. The van der Waals surface area contributed by atoms with Crippen LogP contribution in [0, 0.1) is 11.3 Å². The summed E-state index contributed by atoms with van der Waals surface area (Å²) in [4.78, 5) is 16.4. The highest BCUT2D eigenvalue weighted by Gasteiger charge is 2.32. The molecule has 0 aliphatic carbocycles. The molecule has 2 saturated heterocycles. The lowest BCUT2D eigenvalue weighted by Gasteiger charge is -2.23. The first-order valence-electron chi connectivity index (χ1n) is 9.41. The van der Waals surface area contributed by atoms with Gasteiger partial charge in [0.25, 0.3) is 0 Å². The molecular weight excluding hydrogens is 362 g/mol. The van der Waals surface area contributed by atoms with Crippen LogP contribution in [0.2, 0.25) is 5.02 Å². The zero-order valence-corrected chi connectivity index (χ0v) is 15.9. The molecule has 0 N–H and O–H groups in total. The van der Waals surface area contributed by atoms with Gasteiger partial charge in [0.2, 0.25) is 5.91 Å². The summed E-state index contributed by atoms with van der Waals surface area (Å²) in [7, 11) is 0. The number of likely N-dealkylation sites (tertiary alicyclic amines) is 2. The monoisotopic (exact) mass is 383 g/mol. The van der Waals surface area contributed by atoms with E-state index in [0.29, 0.717) is 24.7 Å². The van der Waals surface area contributed by atoms with E-state index in [1.54, 1.807) is 4.90 Å². The molecule has 0 saturated carbocycles. The molecule has 1 amide bonds. The molecule has 27 heavy (non-hydrogen) atoms. The van der Waals surface area contributed by atoms with Crippen LogP contribution < -0.4 is 4.74 Å². The van der Waals surface area contributed by atoms with E-state index in [1.165, 1.54) is 0 Å². The second kappa shape index (κ2) is 7.75. The molecule has 0 spiro atoms. The summed E-state index contributed by atoms with van der Waals surface area (Å²) >= 11 is 6.28. The van der Waals surface area contributed by atoms with Crippen molar-refractivity contribution in [2.75, 3.05) is 26.2 Å². The van der Waals surface area contributed by atoms with Gasteiger partial charge in [0, 0.05) is 35.4 Å². The maximum Gasteiger partial charge on any atom is 0.237 e. The van der Waals surface area contributed by atoms with Crippen molar-refractivity contribution in [2.24, 2.45) is 0 Å². The summed E-state index contributed by atoms with van der Waals surface area (Å²) < 4.78 is 6.25. The van der Waals surface area contributed by atoms with Gasteiger partial charge in [0.1, 0.15) is 17.9 Å². The topological polar surface area (TPSA) is 56.6 Å². The second-order valence-electron chi connectivity index (χ2n) is 7.23. The summed E-state index contributed by atoms with van der Waals surface area (Å²) in [5.74, 6) is 0.883. The third-order valence-corrected chi connectivity index (χ3v) is 5.76. The van der Waals surface area contributed by atoms with Crippen LogP contribution in [0.25, 0.3) is 10.8 Å². The molecule has 0 aromatic heterocycles. The van der Waals surface area contributed by atoms with Gasteiger partial charge >= 0.3 is 0 Å². The Morgan fingerprint density at radius 2 is 2.00 bits per heavy atom. The van der Waals surface area contributed by atoms with E-state index in [0.717, 1.165) is 42.3 Å². The number of amides is 1. The largest absolute Gasteiger partial charge is 0.488 e. The first-order chi connectivity index (χ1) is 13.2. The Labute approximate surface area is 164 Å². The maximum atomic E-state index is 12.5. The average molecular weight is 384 g/mol. The number of hydrogen-bond acceptors (Lipinski definition) is 4. The Bertz CT molecular complexity index is 895. The van der Waals surface area contributed by atoms with E-state index in [9.17, 15) is 10.1 Å². The molecule has 2 aliphatic heterocycles. The molecule has 5 nitrogen and oxygen atoms in total. The second-order valence-corrected chi connectivity index (χ2v) is 7.64. The van der Waals surface area contributed by atoms with Crippen molar-refractivity contribution in [3.8, 4) is 11.8 Å². The van der Waals surface area contributed by atoms with Crippen molar-refractivity contribution in [3.63, 3.8) is 0 Å². The average Bonchev–Trinajstić information content (AvgIpc) is 3.33. The van der Waals surface area contributed by atoms with E-state index in [2.05, 4.69) is 11.0 Å². The fourth-order valence-electron chi connectivity index (χ4n) is 4.04. The molecule has 2 fully saturated rings. The van der Waals surface area contributed by atoms with Crippen molar-refractivity contribution in [3.05, 3.63) is 41.4 Å². The highest BCUT2D eigenvalue weighted by molar-refractivity contribution is 6.35. The number of ether oxygens (including phenoxy) is 1. The zero-order valence-electron chi connectivity index (χ0n) is 15.1. The minimum atomic E-state index is -0.257. The van der Waals surface area contributed by atoms with Gasteiger partial charge < -0.3 is 9.64 Å². The first kappa shape index (κ1) is 18.1. The van der Waals surface area contributed by atoms with Gasteiger partial charge in [-0.05, 0) is 31.4 Å². The van der Waals surface area contributed by atoms with E-state index in [1.807, 2.05) is 36.4 Å². The molecule has 0 bridgehead atoms. The third-order valence-electron chi connectivity index (χ3n) is 5.43. The molecule has 0 radical (unpaired) electrons. The molecule has 140 valence electrons. The number of rotatable bonds is 4. The number of fused-ring (bicyclic) bond motifs is 1.